The van der Waals surface area contributed by atoms with Crippen molar-refractivity contribution in [1.29, 1.82) is 0 Å². The molecule has 246 valence electrons. The molecule has 0 saturated carbocycles. The Balaban J connectivity index is 1.55. The lowest BCUT2D eigenvalue weighted by Gasteiger charge is -2.24. The second-order valence-corrected chi connectivity index (χ2v) is 11.4. The molecule has 11 nitrogen and oxygen atoms in total. The predicted molar refractivity (Wildman–Crippen MR) is 176 cm³/mol. The van der Waals surface area contributed by atoms with Crippen LogP contribution in [-0.2, 0) is 35.5 Å². The van der Waals surface area contributed by atoms with Crippen LogP contribution in [0.4, 0.5) is 0 Å². The molecule has 0 aliphatic rings. The minimum Gasteiger partial charge on any atom is -0.478 e. The summed E-state index contributed by atoms with van der Waals surface area (Å²) in [4.78, 5) is 57.0. The fourth-order valence-corrected chi connectivity index (χ4v) is 5.33. The van der Waals surface area contributed by atoms with Gasteiger partial charge in [-0.05, 0) is 41.7 Å². The molecule has 3 aromatic carbocycles. The number of aryl methyl sites for hydroxylation is 1. The number of aromatic carboxylic acids is 1. The van der Waals surface area contributed by atoms with Crippen LogP contribution in [0.25, 0.3) is 0 Å². The van der Waals surface area contributed by atoms with Gasteiger partial charge in [0, 0.05) is 44.9 Å². The highest BCUT2D eigenvalue weighted by Gasteiger charge is 2.24. The Morgan fingerprint density at radius 2 is 1.53 bits per heavy atom. The fraction of sp³-hybridized carbons (Fsp3) is 0.306. The van der Waals surface area contributed by atoms with Crippen molar-refractivity contribution in [3.05, 3.63) is 125 Å². The standard InChI is InChI=1S/C36H41N5O6/c1-2-3-14-32-37-23-31(41(32)25-28-15-17-29(18-16-28)36(45)46)35(44)40(24-27-12-8-5-9-13-27)20-19-33(42)38-30(22-34(43)39-47)21-26-10-6-4-7-11-26/h4-13,15-18,23,30,47H,2-3,14,19-22,24-25H2,1H3,(H,38,42)(H,39,43)(H,45,46)/t30-/m1/s1. The largest absolute Gasteiger partial charge is 0.478 e. The molecule has 4 rings (SSSR count). The first-order valence-corrected chi connectivity index (χ1v) is 15.7. The smallest absolute Gasteiger partial charge is 0.335 e. The molecule has 0 fully saturated rings. The molecule has 47 heavy (non-hydrogen) atoms. The third kappa shape index (κ3) is 10.4. The first kappa shape index (κ1) is 34.6. The lowest BCUT2D eigenvalue weighted by Crippen LogP contribution is -2.42. The van der Waals surface area contributed by atoms with Crippen LogP contribution in [-0.4, -0.2) is 61.0 Å². The molecule has 1 heterocycles. The van der Waals surface area contributed by atoms with Gasteiger partial charge in [-0.15, -0.1) is 0 Å². The average Bonchev–Trinajstić information content (AvgIpc) is 3.48. The van der Waals surface area contributed by atoms with Gasteiger partial charge in [0.15, 0.2) is 0 Å². The molecule has 1 atom stereocenters. The van der Waals surface area contributed by atoms with E-state index in [-0.39, 0.29) is 43.3 Å². The summed E-state index contributed by atoms with van der Waals surface area (Å²) >= 11 is 0. The Hall–Kier alpha value is -5.29. The third-order valence-corrected chi connectivity index (χ3v) is 7.81. The van der Waals surface area contributed by atoms with Gasteiger partial charge in [0.05, 0.1) is 11.8 Å². The van der Waals surface area contributed by atoms with Crippen molar-refractivity contribution in [2.75, 3.05) is 6.54 Å². The number of unbranched alkanes of at least 4 members (excludes halogenated alkanes) is 1. The Bertz CT molecular complexity index is 1620. The molecule has 0 bridgehead atoms. The lowest BCUT2D eigenvalue weighted by molar-refractivity contribution is -0.130. The van der Waals surface area contributed by atoms with Gasteiger partial charge in [-0.3, -0.25) is 19.6 Å². The summed E-state index contributed by atoms with van der Waals surface area (Å²) in [6, 6.07) is 24.9. The van der Waals surface area contributed by atoms with E-state index in [2.05, 4.69) is 17.2 Å². The first-order chi connectivity index (χ1) is 22.8. The summed E-state index contributed by atoms with van der Waals surface area (Å²) in [6.07, 6.45) is 4.33. The van der Waals surface area contributed by atoms with Crippen molar-refractivity contribution in [3.8, 4) is 0 Å². The van der Waals surface area contributed by atoms with Crippen molar-refractivity contribution in [3.63, 3.8) is 0 Å². The van der Waals surface area contributed by atoms with Gasteiger partial charge in [-0.2, -0.15) is 0 Å². The van der Waals surface area contributed by atoms with Gasteiger partial charge in [0.2, 0.25) is 11.8 Å². The van der Waals surface area contributed by atoms with Crippen LogP contribution in [0, 0.1) is 0 Å². The lowest BCUT2D eigenvalue weighted by atomic mass is 10.0. The van der Waals surface area contributed by atoms with Crippen LogP contribution in [0.5, 0.6) is 0 Å². The van der Waals surface area contributed by atoms with Crippen LogP contribution in [0.2, 0.25) is 0 Å². The van der Waals surface area contributed by atoms with E-state index in [1.165, 1.54) is 12.1 Å². The van der Waals surface area contributed by atoms with E-state index in [1.54, 1.807) is 28.7 Å². The van der Waals surface area contributed by atoms with E-state index in [1.807, 2.05) is 65.2 Å². The zero-order valence-corrected chi connectivity index (χ0v) is 26.5. The second-order valence-electron chi connectivity index (χ2n) is 11.4. The zero-order valence-electron chi connectivity index (χ0n) is 26.5. The number of nitrogens with zero attached hydrogens (tertiary/aromatic N) is 3. The minimum absolute atomic E-state index is 0.0158. The summed E-state index contributed by atoms with van der Waals surface area (Å²) < 4.78 is 1.87. The number of hydrogen-bond acceptors (Lipinski definition) is 6. The molecule has 0 unspecified atom stereocenters. The highest BCUT2D eigenvalue weighted by molar-refractivity contribution is 5.93. The number of carboxylic acids is 1. The number of hydrogen-bond donors (Lipinski definition) is 4. The van der Waals surface area contributed by atoms with E-state index in [9.17, 15) is 24.3 Å². The van der Waals surface area contributed by atoms with Crippen LogP contribution in [0.15, 0.2) is 91.1 Å². The number of carboxylic acid groups (broad SMARTS) is 1. The van der Waals surface area contributed by atoms with Gasteiger partial charge in [-0.1, -0.05) is 86.1 Å². The predicted octanol–water partition coefficient (Wildman–Crippen LogP) is 4.63. The maximum Gasteiger partial charge on any atom is 0.335 e. The van der Waals surface area contributed by atoms with Crippen molar-refractivity contribution in [1.82, 2.24) is 25.2 Å². The highest BCUT2D eigenvalue weighted by atomic mass is 16.5. The summed E-state index contributed by atoms with van der Waals surface area (Å²) in [7, 11) is 0. The third-order valence-electron chi connectivity index (χ3n) is 7.81. The number of aromatic nitrogens is 2. The van der Waals surface area contributed by atoms with Crippen molar-refractivity contribution >= 4 is 23.7 Å². The molecular weight excluding hydrogens is 598 g/mol. The molecule has 1 aromatic heterocycles. The molecule has 3 amide bonds. The molecule has 0 spiro atoms. The Morgan fingerprint density at radius 1 is 0.872 bits per heavy atom. The number of amides is 3. The van der Waals surface area contributed by atoms with E-state index in [0.29, 0.717) is 25.1 Å². The summed E-state index contributed by atoms with van der Waals surface area (Å²) in [6.45, 7) is 2.77. The topological polar surface area (TPSA) is 154 Å². The number of carbonyl (C=O) groups excluding carboxylic acids is 3. The van der Waals surface area contributed by atoms with E-state index in [0.717, 1.165) is 35.4 Å². The highest BCUT2D eigenvalue weighted by Crippen LogP contribution is 2.18. The fourth-order valence-electron chi connectivity index (χ4n) is 5.33. The summed E-state index contributed by atoms with van der Waals surface area (Å²) in [5.74, 6) is -1.50. The number of benzene rings is 3. The van der Waals surface area contributed by atoms with Crippen molar-refractivity contribution < 1.29 is 29.5 Å². The molecule has 0 aliphatic heterocycles. The van der Waals surface area contributed by atoms with Crippen LogP contribution >= 0.6 is 0 Å². The number of rotatable bonds is 17. The van der Waals surface area contributed by atoms with Crippen LogP contribution < -0.4 is 10.8 Å². The molecule has 4 aromatic rings. The summed E-state index contributed by atoms with van der Waals surface area (Å²) in [5, 5.41) is 21.3. The zero-order chi connectivity index (χ0) is 33.6. The van der Waals surface area contributed by atoms with Crippen molar-refractivity contribution in [2.24, 2.45) is 0 Å². The molecule has 0 aliphatic carbocycles. The van der Waals surface area contributed by atoms with Crippen LogP contribution in [0.1, 0.15) is 76.0 Å². The Morgan fingerprint density at radius 3 is 2.15 bits per heavy atom. The Labute approximate surface area is 274 Å². The van der Waals surface area contributed by atoms with Crippen molar-refractivity contribution in [2.45, 2.75) is 64.6 Å². The molecule has 0 radical (unpaired) electrons. The number of hydroxylamine groups is 1. The number of imidazole rings is 1. The Kier molecular flexibility index (Phi) is 12.8. The van der Waals surface area contributed by atoms with Gasteiger partial charge >= 0.3 is 5.97 Å². The monoisotopic (exact) mass is 639 g/mol. The first-order valence-electron chi connectivity index (χ1n) is 15.7. The molecular formula is C36H41N5O6. The van der Waals surface area contributed by atoms with Gasteiger partial charge in [0.25, 0.3) is 5.91 Å². The second kappa shape index (κ2) is 17.4. The average molecular weight is 640 g/mol. The van der Waals surface area contributed by atoms with Crippen LogP contribution in [0.3, 0.4) is 0 Å². The van der Waals surface area contributed by atoms with Gasteiger partial charge < -0.3 is 19.9 Å². The maximum atomic E-state index is 14.2. The normalized spacial score (nSPS) is 11.4. The van der Waals surface area contributed by atoms with E-state index >= 15 is 0 Å². The maximum absolute atomic E-state index is 14.2. The quantitative estimate of drug-likeness (QED) is 0.0971. The minimum atomic E-state index is -1.01. The number of carbonyl (C=O) groups is 4. The summed E-state index contributed by atoms with van der Waals surface area (Å²) in [5.41, 5.74) is 4.82. The van der Waals surface area contributed by atoms with Gasteiger partial charge in [-0.25, -0.2) is 15.3 Å². The SMILES string of the molecule is CCCCc1ncc(C(=O)N(CCC(=O)N[C@@H](CC(=O)NO)Cc2ccccc2)Cc2ccccc2)n1Cc1ccc(C(=O)O)cc1. The number of nitrogens with one attached hydrogen (secondary N) is 2. The van der Waals surface area contributed by atoms with E-state index < -0.39 is 17.9 Å². The van der Waals surface area contributed by atoms with Gasteiger partial charge in [0.1, 0.15) is 11.5 Å². The molecule has 4 N–H and O–H groups in total. The molecule has 0 saturated heterocycles. The molecule has 11 heteroatoms. The van der Waals surface area contributed by atoms with E-state index in [4.69, 9.17) is 5.21 Å².